The zero-order valence-corrected chi connectivity index (χ0v) is 25.4. The fourth-order valence-corrected chi connectivity index (χ4v) is 5.37. The van der Waals surface area contributed by atoms with Gasteiger partial charge in [-0.25, -0.2) is 9.80 Å². The molecule has 2 heterocycles. The molecular weight excluding hydrogens is 641 g/mol. The first kappa shape index (κ1) is 32.3. The summed E-state index contributed by atoms with van der Waals surface area (Å²) in [7, 11) is 0. The third-order valence-corrected chi connectivity index (χ3v) is 7.75. The van der Waals surface area contributed by atoms with Gasteiger partial charge in [-0.3, -0.25) is 28.8 Å². The van der Waals surface area contributed by atoms with Crippen molar-refractivity contribution in [1.29, 1.82) is 0 Å². The normalized spacial score (nSPS) is 14.2. The molecule has 49 heavy (non-hydrogen) atoms. The second-order valence-electron chi connectivity index (χ2n) is 11.0. The Hall–Kier alpha value is -6.63. The van der Waals surface area contributed by atoms with Crippen molar-refractivity contribution < 1.29 is 41.9 Å². The molecule has 0 aromatic heterocycles. The molecule has 0 aliphatic carbocycles. The van der Waals surface area contributed by atoms with Crippen molar-refractivity contribution in [2.24, 2.45) is 0 Å². The van der Waals surface area contributed by atoms with Crippen LogP contribution in [-0.2, 0) is 25.4 Å². The summed E-state index contributed by atoms with van der Waals surface area (Å²) >= 11 is 0. The van der Waals surface area contributed by atoms with Gasteiger partial charge in [0.15, 0.2) is 0 Å². The second-order valence-corrected chi connectivity index (χ2v) is 11.0. The molecule has 0 atom stereocenters. The zero-order chi connectivity index (χ0) is 35.0. The number of benzene rings is 4. The minimum Gasteiger partial charge on any atom is -0.322 e. The number of anilines is 4. The van der Waals surface area contributed by atoms with Crippen LogP contribution in [0.5, 0.6) is 0 Å². The molecule has 244 valence electrons. The van der Waals surface area contributed by atoms with Crippen LogP contribution in [-0.4, -0.2) is 35.4 Å². The Kier molecular flexibility index (Phi) is 8.26. The number of alkyl halides is 3. The van der Waals surface area contributed by atoms with E-state index in [1.54, 1.807) is 6.92 Å². The van der Waals surface area contributed by atoms with Crippen molar-refractivity contribution in [2.45, 2.75) is 13.1 Å². The van der Waals surface area contributed by atoms with E-state index in [2.05, 4.69) is 10.6 Å². The van der Waals surface area contributed by atoms with Crippen LogP contribution in [0.25, 0.3) is 11.1 Å². The van der Waals surface area contributed by atoms with Crippen LogP contribution in [0.15, 0.2) is 109 Å². The average Bonchev–Trinajstić information content (AvgIpc) is 3.59. The Balaban J connectivity index is 1.17. The van der Waals surface area contributed by atoms with Crippen LogP contribution >= 0.6 is 0 Å². The predicted molar refractivity (Wildman–Crippen MR) is 174 cm³/mol. The lowest BCUT2D eigenvalue weighted by molar-refractivity contribution is -0.137. The van der Waals surface area contributed by atoms with Crippen LogP contribution in [0.1, 0.15) is 31.8 Å². The Morgan fingerprint density at radius 3 is 1.33 bits per heavy atom. The van der Waals surface area contributed by atoms with Crippen LogP contribution in [0.3, 0.4) is 0 Å². The maximum Gasteiger partial charge on any atom is 0.417 e. The van der Waals surface area contributed by atoms with Gasteiger partial charge in [-0.15, -0.1) is 0 Å². The third-order valence-electron chi connectivity index (χ3n) is 7.75. The summed E-state index contributed by atoms with van der Waals surface area (Å²) in [6.45, 7) is 1.59. The van der Waals surface area contributed by atoms with Crippen molar-refractivity contribution in [3.63, 3.8) is 0 Å². The van der Waals surface area contributed by atoms with Gasteiger partial charge in [-0.1, -0.05) is 12.1 Å². The van der Waals surface area contributed by atoms with E-state index >= 15 is 0 Å². The number of hydrogen-bond acceptors (Lipinski definition) is 6. The Morgan fingerprint density at radius 1 is 0.551 bits per heavy atom. The van der Waals surface area contributed by atoms with Gasteiger partial charge < -0.3 is 10.6 Å². The van der Waals surface area contributed by atoms with Gasteiger partial charge in [-0.05, 0) is 96.4 Å². The number of carbonyl (C=O) groups is 6. The highest BCUT2D eigenvalue weighted by Crippen LogP contribution is 2.40. The molecule has 6 rings (SSSR count). The summed E-state index contributed by atoms with van der Waals surface area (Å²) in [5, 5.41) is 5.15. The summed E-state index contributed by atoms with van der Waals surface area (Å²) in [5.74, 6) is -3.28. The van der Waals surface area contributed by atoms with Crippen molar-refractivity contribution >= 4 is 58.2 Å². The molecule has 4 aromatic carbocycles. The first-order valence-electron chi connectivity index (χ1n) is 14.6. The van der Waals surface area contributed by atoms with Crippen molar-refractivity contribution in [1.82, 2.24) is 0 Å². The number of rotatable bonds is 7. The summed E-state index contributed by atoms with van der Waals surface area (Å²) in [6.07, 6.45) is -0.263. The fourth-order valence-electron chi connectivity index (χ4n) is 5.37. The number of imide groups is 2. The molecular formula is C36H23F3N4O6. The number of hydrogen-bond donors (Lipinski definition) is 2. The third kappa shape index (κ3) is 6.49. The van der Waals surface area contributed by atoms with E-state index in [-0.39, 0.29) is 33.6 Å². The van der Waals surface area contributed by atoms with E-state index in [9.17, 15) is 41.9 Å². The van der Waals surface area contributed by atoms with Gasteiger partial charge in [-0.2, -0.15) is 13.2 Å². The SMILES string of the molecule is Cc1cc(NC(=O)c2ccc(N3C(=O)C=CC3=O)cc2)ccc1-c1ccc(NC(=O)c2ccc(N3C(=O)C=CC3=O)cc2)cc1C(F)(F)F. The molecule has 10 nitrogen and oxygen atoms in total. The molecule has 6 amide bonds. The van der Waals surface area contributed by atoms with Gasteiger partial charge >= 0.3 is 6.18 Å². The van der Waals surface area contributed by atoms with E-state index in [0.717, 1.165) is 40.2 Å². The van der Waals surface area contributed by atoms with E-state index in [1.165, 1.54) is 78.9 Å². The van der Waals surface area contributed by atoms with Crippen LogP contribution in [0.2, 0.25) is 0 Å². The minimum absolute atomic E-state index is 0.0898. The number of nitrogens with zero attached hydrogens (tertiary/aromatic N) is 2. The molecule has 0 saturated carbocycles. The van der Waals surface area contributed by atoms with E-state index in [0.29, 0.717) is 16.9 Å². The quantitative estimate of drug-likeness (QED) is 0.232. The molecule has 0 saturated heterocycles. The maximum absolute atomic E-state index is 14.3. The molecule has 13 heteroatoms. The summed E-state index contributed by atoms with van der Waals surface area (Å²) < 4.78 is 42.9. The lowest BCUT2D eigenvalue weighted by atomic mass is 9.94. The first-order chi connectivity index (χ1) is 23.3. The molecule has 4 aromatic rings. The largest absolute Gasteiger partial charge is 0.417 e. The van der Waals surface area contributed by atoms with Crippen LogP contribution in [0.4, 0.5) is 35.9 Å². The Labute approximate surface area is 276 Å². The smallest absolute Gasteiger partial charge is 0.322 e. The molecule has 0 bridgehead atoms. The maximum atomic E-state index is 14.3. The molecule has 2 aliphatic heterocycles. The van der Waals surface area contributed by atoms with E-state index in [1.807, 2.05) is 0 Å². The number of aryl methyl sites for hydroxylation is 1. The lowest BCUT2D eigenvalue weighted by Gasteiger charge is -2.18. The van der Waals surface area contributed by atoms with Crippen molar-refractivity contribution in [2.75, 3.05) is 20.4 Å². The molecule has 0 spiro atoms. The summed E-state index contributed by atoms with van der Waals surface area (Å²) in [4.78, 5) is 75.2. The number of nitrogens with one attached hydrogen (secondary N) is 2. The number of halogens is 3. The second kappa shape index (κ2) is 12.5. The lowest BCUT2D eigenvalue weighted by Crippen LogP contribution is -2.29. The standard InChI is InChI=1S/C36H23F3N4O6/c1-20-18-23(40-34(48)21-2-8-25(9-3-21)42-30(44)14-15-31(42)45)6-12-27(20)28-13-7-24(19-29(28)36(37,38)39)41-35(49)22-4-10-26(11-5-22)43-32(46)16-17-33(43)47/h2-19H,1H3,(H,40,48)(H,41,49). The molecule has 0 radical (unpaired) electrons. The zero-order valence-electron chi connectivity index (χ0n) is 25.4. The Morgan fingerprint density at radius 2 is 0.939 bits per heavy atom. The molecule has 2 aliphatic rings. The van der Waals surface area contributed by atoms with E-state index < -0.39 is 47.2 Å². The van der Waals surface area contributed by atoms with Gasteiger partial charge in [0.1, 0.15) is 0 Å². The Bertz CT molecular complexity index is 2100. The highest BCUT2D eigenvalue weighted by molar-refractivity contribution is 6.29. The van der Waals surface area contributed by atoms with Gasteiger partial charge in [0, 0.05) is 46.8 Å². The van der Waals surface area contributed by atoms with Gasteiger partial charge in [0.05, 0.1) is 16.9 Å². The predicted octanol–water partition coefficient (Wildman–Crippen LogP) is 6.04. The number of carbonyl (C=O) groups excluding carboxylic acids is 6. The monoisotopic (exact) mass is 664 g/mol. The van der Waals surface area contributed by atoms with Gasteiger partial charge in [0.2, 0.25) is 0 Å². The molecule has 0 unspecified atom stereocenters. The highest BCUT2D eigenvalue weighted by atomic mass is 19.4. The average molecular weight is 665 g/mol. The fraction of sp³-hybridized carbons (Fsp3) is 0.0556. The van der Waals surface area contributed by atoms with Gasteiger partial charge in [0.25, 0.3) is 35.4 Å². The molecule has 0 fully saturated rings. The van der Waals surface area contributed by atoms with Crippen LogP contribution < -0.4 is 20.4 Å². The highest BCUT2D eigenvalue weighted by Gasteiger charge is 2.35. The summed E-state index contributed by atoms with van der Waals surface area (Å²) in [6, 6.07) is 19.1. The van der Waals surface area contributed by atoms with Crippen molar-refractivity contribution in [3.05, 3.63) is 131 Å². The first-order valence-corrected chi connectivity index (χ1v) is 14.6. The van der Waals surface area contributed by atoms with Crippen LogP contribution in [0, 0.1) is 6.92 Å². The minimum atomic E-state index is -4.79. The molecule has 2 N–H and O–H groups in total. The number of amides is 6. The van der Waals surface area contributed by atoms with Crippen molar-refractivity contribution in [3.8, 4) is 11.1 Å². The summed E-state index contributed by atoms with van der Waals surface area (Å²) in [5.41, 5.74) is 0.597. The topological polar surface area (TPSA) is 133 Å². The van der Waals surface area contributed by atoms with E-state index in [4.69, 9.17) is 0 Å².